The molecule has 2 unspecified atom stereocenters. The SMILES string of the molecule is CC(NC(C)c1nncn1C)c1c(F)cccc1F. The summed E-state index contributed by atoms with van der Waals surface area (Å²) in [4.78, 5) is 0. The zero-order chi connectivity index (χ0) is 14.0. The molecule has 2 atom stereocenters. The minimum atomic E-state index is -0.551. The molecule has 1 heterocycles. The van der Waals surface area contributed by atoms with Gasteiger partial charge in [-0.25, -0.2) is 8.78 Å². The number of hydrogen-bond donors (Lipinski definition) is 1. The van der Waals surface area contributed by atoms with Gasteiger partial charge in [-0.3, -0.25) is 0 Å². The lowest BCUT2D eigenvalue weighted by Gasteiger charge is -2.20. The Morgan fingerprint density at radius 3 is 2.32 bits per heavy atom. The molecule has 4 nitrogen and oxygen atoms in total. The standard InChI is InChI=1S/C13H16F2N4/c1-8(12-10(14)5-4-6-11(12)15)17-9(2)13-18-16-7-19(13)3/h4-9,17H,1-3H3. The summed E-state index contributed by atoms with van der Waals surface area (Å²) < 4.78 is 29.1. The van der Waals surface area contributed by atoms with Gasteiger partial charge in [0.2, 0.25) is 0 Å². The number of rotatable bonds is 4. The van der Waals surface area contributed by atoms with Gasteiger partial charge in [0, 0.05) is 18.7 Å². The van der Waals surface area contributed by atoms with Gasteiger partial charge in [-0.05, 0) is 26.0 Å². The number of hydrogen-bond acceptors (Lipinski definition) is 3. The molecule has 1 N–H and O–H groups in total. The first-order valence-corrected chi connectivity index (χ1v) is 6.04. The van der Waals surface area contributed by atoms with Gasteiger partial charge in [-0.2, -0.15) is 0 Å². The Morgan fingerprint density at radius 1 is 1.16 bits per heavy atom. The Kier molecular flexibility index (Phi) is 3.90. The summed E-state index contributed by atoms with van der Waals surface area (Å²) in [6.07, 6.45) is 1.59. The molecule has 0 amide bonds. The van der Waals surface area contributed by atoms with Gasteiger partial charge in [0.25, 0.3) is 0 Å². The molecule has 0 bridgehead atoms. The van der Waals surface area contributed by atoms with Crippen molar-refractivity contribution in [1.82, 2.24) is 20.1 Å². The maximum absolute atomic E-state index is 13.7. The molecule has 0 fully saturated rings. The molecule has 102 valence electrons. The van der Waals surface area contributed by atoms with Crippen LogP contribution in [0.3, 0.4) is 0 Å². The van der Waals surface area contributed by atoms with Crippen molar-refractivity contribution < 1.29 is 8.78 Å². The van der Waals surface area contributed by atoms with Crippen LogP contribution in [0.25, 0.3) is 0 Å². The first-order chi connectivity index (χ1) is 9.00. The molecule has 0 aliphatic heterocycles. The van der Waals surface area contributed by atoms with Crippen molar-refractivity contribution >= 4 is 0 Å². The molecule has 6 heteroatoms. The smallest absolute Gasteiger partial charge is 0.149 e. The van der Waals surface area contributed by atoms with Crippen molar-refractivity contribution in [1.29, 1.82) is 0 Å². The van der Waals surface area contributed by atoms with Crippen molar-refractivity contribution in [3.8, 4) is 0 Å². The molecule has 1 aromatic carbocycles. The van der Waals surface area contributed by atoms with Gasteiger partial charge in [0.05, 0.1) is 6.04 Å². The Hall–Kier alpha value is -1.82. The van der Waals surface area contributed by atoms with Gasteiger partial charge < -0.3 is 9.88 Å². The second-order valence-electron chi connectivity index (χ2n) is 4.55. The van der Waals surface area contributed by atoms with Gasteiger partial charge >= 0.3 is 0 Å². The Balaban J connectivity index is 2.18. The lowest BCUT2D eigenvalue weighted by atomic mass is 10.1. The van der Waals surface area contributed by atoms with E-state index in [9.17, 15) is 8.78 Å². The van der Waals surface area contributed by atoms with Crippen LogP contribution in [-0.2, 0) is 7.05 Å². The van der Waals surface area contributed by atoms with E-state index in [2.05, 4.69) is 15.5 Å². The monoisotopic (exact) mass is 266 g/mol. The van der Waals surface area contributed by atoms with Crippen LogP contribution < -0.4 is 5.32 Å². The highest BCUT2D eigenvalue weighted by Crippen LogP contribution is 2.23. The minimum absolute atomic E-state index is 0.0384. The number of halogens is 2. The second kappa shape index (κ2) is 5.44. The summed E-state index contributed by atoms with van der Waals surface area (Å²) in [5.74, 6) is -0.390. The fourth-order valence-electron chi connectivity index (χ4n) is 2.14. The Morgan fingerprint density at radius 2 is 1.79 bits per heavy atom. The van der Waals surface area contributed by atoms with Crippen LogP contribution in [0.2, 0.25) is 0 Å². The average molecular weight is 266 g/mol. The quantitative estimate of drug-likeness (QED) is 0.924. The molecule has 2 aromatic rings. The number of nitrogens with zero attached hydrogens (tertiary/aromatic N) is 3. The molecule has 2 rings (SSSR count). The van der Waals surface area contributed by atoms with Gasteiger partial charge in [-0.15, -0.1) is 10.2 Å². The van der Waals surface area contributed by atoms with E-state index in [-0.39, 0.29) is 11.6 Å². The zero-order valence-electron chi connectivity index (χ0n) is 11.1. The third-order valence-electron chi connectivity index (χ3n) is 3.07. The van der Waals surface area contributed by atoms with Crippen LogP contribution >= 0.6 is 0 Å². The van der Waals surface area contributed by atoms with Gasteiger partial charge in [0.1, 0.15) is 23.8 Å². The molecule has 0 spiro atoms. The van der Waals surface area contributed by atoms with Crippen LogP contribution in [0.15, 0.2) is 24.5 Å². The van der Waals surface area contributed by atoms with Crippen LogP contribution in [-0.4, -0.2) is 14.8 Å². The van der Waals surface area contributed by atoms with E-state index in [0.717, 1.165) is 0 Å². The highest BCUT2D eigenvalue weighted by molar-refractivity contribution is 5.23. The van der Waals surface area contributed by atoms with E-state index in [1.54, 1.807) is 17.8 Å². The maximum Gasteiger partial charge on any atom is 0.149 e. The van der Waals surface area contributed by atoms with Gasteiger partial charge in [-0.1, -0.05) is 6.07 Å². The average Bonchev–Trinajstić information content (AvgIpc) is 2.75. The van der Waals surface area contributed by atoms with E-state index < -0.39 is 17.7 Å². The van der Waals surface area contributed by atoms with E-state index in [4.69, 9.17) is 0 Å². The predicted octanol–water partition coefficient (Wildman–Crippen LogP) is 2.51. The summed E-state index contributed by atoms with van der Waals surface area (Å²) in [5, 5.41) is 10.9. The van der Waals surface area contributed by atoms with E-state index >= 15 is 0 Å². The predicted molar refractivity (Wildman–Crippen MR) is 67.3 cm³/mol. The van der Waals surface area contributed by atoms with Crippen molar-refractivity contribution in [2.45, 2.75) is 25.9 Å². The molecule has 0 saturated heterocycles. The van der Waals surface area contributed by atoms with E-state index in [0.29, 0.717) is 5.82 Å². The van der Waals surface area contributed by atoms with E-state index in [1.165, 1.54) is 18.2 Å². The van der Waals surface area contributed by atoms with Crippen LogP contribution in [0.5, 0.6) is 0 Å². The zero-order valence-corrected chi connectivity index (χ0v) is 11.1. The van der Waals surface area contributed by atoms with Crippen LogP contribution in [0.4, 0.5) is 8.78 Å². The normalized spacial score (nSPS) is 14.4. The molecule has 0 saturated carbocycles. The first kappa shape index (κ1) is 13.6. The van der Waals surface area contributed by atoms with Crippen LogP contribution in [0, 0.1) is 11.6 Å². The summed E-state index contributed by atoms with van der Waals surface area (Å²) in [5.41, 5.74) is 0.0384. The fraction of sp³-hybridized carbons (Fsp3) is 0.385. The molecule has 0 aliphatic rings. The number of benzene rings is 1. The maximum atomic E-state index is 13.7. The summed E-state index contributed by atoms with van der Waals surface area (Å²) in [6.45, 7) is 3.59. The molecule has 0 radical (unpaired) electrons. The first-order valence-electron chi connectivity index (χ1n) is 6.04. The lowest BCUT2D eigenvalue weighted by molar-refractivity contribution is 0.433. The summed E-state index contributed by atoms with van der Waals surface area (Å²) >= 11 is 0. The molecular weight excluding hydrogens is 250 g/mol. The van der Waals surface area contributed by atoms with Crippen molar-refractivity contribution in [2.24, 2.45) is 7.05 Å². The van der Waals surface area contributed by atoms with Crippen molar-refractivity contribution in [2.75, 3.05) is 0 Å². The highest BCUT2D eigenvalue weighted by atomic mass is 19.1. The Labute approximate surface area is 110 Å². The lowest BCUT2D eigenvalue weighted by Crippen LogP contribution is -2.26. The topological polar surface area (TPSA) is 42.7 Å². The number of aromatic nitrogens is 3. The van der Waals surface area contributed by atoms with E-state index in [1.807, 2.05) is 14.0 Å². The third-order valence-corrected chi connectivity index (χ3v) is 3.07. The van der Waals surface area contributed by atoms with Crippen LogP contribution in [0.1, 0.15) is 37.3 Å². The molecule has 0 aliphatic carbocycles. The molecular formula is C13H16F2N4. The molecule has 1 aromatic heterocycles. The largest absolute Gasteiger partial charge is 0.319 e. The second-order valence-corrected chi connectivity index (χ2v) is 4.55. The third kappa shape index (κ3) is 2.78. The van der Waals surface area contributed by atoms with Crippen molar-refractivity contribution in [3.63, 3.8) is 0 Å². The molecule has 19 heavy (non-hydrogen) atoms. The van der Waals surface area contributed by atoms with Gasteiger partial charge in [0.15, 0.2) is 0 Å². The summed E-state index contributed by atoms with van der Waals surface area (Å²) in [7, 11) is 1.82. The Bertz CT molecular complexity index is 547. The number of nitrogens with one attached hydrogen (secondary N) is 1. The van der Waals surface area contributed by atoms with Crippen molar-refractivity contribution in [3.05, 3.63) is 47.5 Å². The summed E-state index contributed by atoms with van der Waals surface area (Å²) in [6, 6.07) is 3.23. The minimum Gasteiger partial charge on any atom is -0.319 e. The highest BCUT2D eigenvalue weighted by Gasteiger charge is 2.20. The fourth-order valence-corrected chi connectivity index (χ4v) is 2.14. The number of aryl methyl sites for hydroxylation is 1.